The summed E-state index contributed by atoms with van der Waals surface area (Å²) in [5.41, 5.74) is 0. The second-order valence-electron chi connectivity index (χ2n) is 16.5. The quantitative estimate of drug-likeness (QED) is 0.0156. The van der Waals surface area contributed by atoms with Crippen LogP contribution in [0.5, 0.6) is 0 Å². The molecule has 0 aromatic rings. The Hall–Kier alpha value is -2.39. The van der Waals surface area contributed by atoms with E-state index in [1.165, 1.54) is 128 Å². The maximum atomic E-state index is 13.1. The lowest BCUT2D eigenvalue weighted by molar-refractivity contribution is -0.872. The number of rotatable bonds is 40. The lowest BCUT2D eigenvalue weighted by Crippen LogP contribution is -2.45. The SMILES string of the molecule is CCCCCCCCCC=CC=CC=CC=CC=CC=CC(=O)O[C@H](CO)COP(=O)(O)OC(C[N+](C)(C)C)C(=O)CCCCCCCCCCCCCCCCC. The summed E-state index contributed by atoms with van der Waals surface area (Å²) in [6.45, 7) is 3.47. The van der Waals surface area contributed by atoms with E-state index in [0.717, 1.165) is 25.7 Å². The van der Waals surface area contributed by atoms with Crippen molar-refractivity contribution in [2.45, 2.75) is 180 Å². The summed E-state index contributed by atoms with van der Waals surface area (Å²) in [6.07, 6.45) is 48.5. The van der Waals surface area contributed by atoms with E-state index in [9.17, 15) is 24.2 Å². The Morgan fingerprint density at radius 3 is 1.47 bits per heavy atom. The molecule has 2 unspecified atom stereocenters. The molecule has 334 valence electrons. The number of carbonyl (C=O) groups is 2. The van der Waals surface area contributed by atoms with E-state index in [4.69, 9.17) is 13.8 Å². The summed E-state index contributed by atoms with van der Waals surface area (Å²) >= 11 is 0. The van der Waals surface area contributed by atoms with Gasteiger partial charge >= 0.3 is 13.8 Å². The van der Waals surface area contributed by atoms with Crippen LogP contribution in [0.1, 0.15) is 168 Å². The lowest BCUT2D eigenvalue weighted by Gasteiger charge is -2.29. The molecule has 2 N–H and O–H groups in total. The van der Waals surface area contributed by atoms with Gasteiger partial charge < -0.3 is 19.2 Å². The normalized spacial score (nSPS) is 14.9. The van der Waals surface area contributed by atoms with Crippen LogP contribution >= 0.6 is 7.82 Å². The minimum absolute atomic E-state index is 0.182. The van der Waals surface area contributed by atoms with Crippen molar-refractivity contribution in [1.82, 2.24) is 0 Å². The van der Waals surface area contributed by atoms with E-state index in [-0.39, 0.29) is 18.7 Å². The fourth-order valence-electron chi connectivity index (χ4n) is 6.26. The van der Waals surface area contributed by atoms with Crippen molar-refractivity contribution < 1.29 is 42.4 Å². The average molecular weight is 835 g/mol. The summed E-state index contributed by atoms with van der Waals surface area (Å²) in [4.78, 5) is 35.9. The number of allylic oxidation sites excluding steroid dienone is 11. The Morgan fingerprint density at radius 1 is 0.603 bits per heavy atom. The van der Waals surface area contributed by atoms with Gasteiger partial charge in [-0.15, -0.1) is 0 Å². The molecule has 0 heterocycles. The summed E-state index contributed by atoms with van der Waals surface area (Å²) in [5.74, 6) is -1.000. The van der Waals surface area contributed by atoms with Crippen molar-refractivity contribution in [3.05, 3.63) is 72.9 Å². The highest BCUT2D eigenvalue weighted by atomic mass is 31.2. The van der Waals surface area contributed by atoms with Crippen molar-refractivity contribution in [2.75, 3.05) is 40.9 Å². The molecule has 0 saturated heterocycles. The number of esters is 1. The Balaban J connectivity index is 4.47. The first-order chi connectivity index (χ1) is 27.9. The highest BCUT2D eigenvalue weighted by Crippen LogP contribution is 2.45. The minimum Gasteiger partial charge on any atom is -0.454 e. The third-order valence-corrected chi connectivity index (χ3v) is 10.6. The van der Waals surface area contributed by atoms with E-state index >= 15 is 0 Å². The molecule has 0 amide bonds. The number of carbonyl (C=O) groups excluding carboxylic acids is 2. The Kier molecular flexibility index (Phi) is 37.2. The van der Waals surface area contributed by atoms with Crippen LogP contribution in [-0.2, 0) is 27.9 Å². The fraction of sp³-hybridized carbons (Fsp3) is 0.708. The first kappa shape index (κ1) is 55.6. The van der Waals surface area contributed by atoms with Gasteiger partial charge in [-0.3, -0.25) is 13.8 Å². The lowest BCUT2D eigenvalue weighted by atomic mass is 10.0. The van der Waals surface area contributed by atoms with E-state index < -0.39 is 39.2 Å². The summed E-state index contributed by atoms with van der Waals surface area (Å²) in [7, 11) is 0.894. The van der Waals surface area contributed by atoms with Crippen molar-refractivity contribution in [1.29, 1.82) is 0 Å². The Labute approximate surface area is 355 Å². The maximum absolute atomic E-state index is 13.1. The minimum atomic E-state index is -4.71. The largest absolute Gasteiger partial charge is 0.473 e. The zero-order chi connectivity index (χ0) is 43.0. The molecule has 0 saturated carbocycles. The molecule has 0 bridgehead atoms. The first-order valence-electron chi connectivity index (χ1n) is 22.7. The predicted molar refractivity (Wildman–Crippen MR) is 243 cm³/mol. The van der Waals surface area contributed by atoms with Gasteiger partial charge in [0.15, 0.2) is 11.9 Å². The number of quaternary nitrogens is 1. The topological polar surface area (TPSA) is 119 Å². The number of ether oxygens (including phenoxy) is 1. The number of nitrogens with zero attached hydrogens (tertiary/aromatic N) is 1. The molecule has 3 atom stereocenters. The Bertz CT molecular complexity index is 1230. The van der Waals surface area contributed by atoms with Crippen LogP contribution in [0.4, 0.5) is 0 Å². The van der Waals surface area contributed by atoms with E-state index in [1.807, 2.05) is 57.6 Å². The molecule has 0 aromatic heterocycles. The van der Waals surface area contributed by atoms with Gasteiger partial charge in [-0.2, -0.15) is 0 Å². The molecule has 58 heavy (non-hydrogen) atoms. The number of Topliss-reactive ketones (excluding diaryl/α,β-unsaturated/α-hetero) is 1. The van der Waals surface area contributed by atoms with Gasteiger partial charge in [-0.1, -0.05) is 209 Å². The third-order valence-electron chi connectivity index (χ3n) is 9.61. The molecule has 0 aliphatic carbocycles. The maximum Gasteiger partial charge on any atom is 0.473 e. The van der Waals surface area contributed by atoms with Gasteiger partial charge in [0.05, 0.1) is 34.4 Å². The van der Waals surface area contributed by atoms with E-state index in [0.29, 0.717) is 10.9 Å². The highest BCUT2D eigenvalue weighted by Gasteiger charge is 2.35. The molecule has 0 radical (unpaired) electrons. The van der Waals surface area contributed by atoms with Crippen LogP contribution in [0.3, 0.4) is 0 Å². The molecule has 0 spiro atoms. The Morgan fingerprint density at radius 2 is 1.02 bits per heavy atom. The number of hydrogen-bond acceptors (Lipinski definition) is 7. The average Bonchev–Trinajstić information content (AvgIpc) is 3.17. The number of aliphatic hydroxyl groups is 1. The number of aliphatic hydroxyl groups excluding tert-OH is 1. The van der Waals surface area contributed by atoms with Crippen LogP contribution in [0.15, 0.2) is 72.9 Å². The summed E-state index contributed by atoms with van der Waals surface area (Å²) < 4.78 is 28.9. The predicted octanol–water partition coefficient (Wildman–Crippen LogP) is 12.4. The molecule has 0 rings (SSSR count). The van der Waals surface area contributed by atoms with Gasteiger partial charge in [0.1, 0.15) is 12.6 Å². The van der Waals surface area contributed by atoms with Gasteiger partial charge in [0.2, 0.25) is 0 Å². The zero-order valence-corrected chi connectivity index (χ0v) is 38.3. The monoisotopic (exact) mass is 835 g/mol. The standard InChI is InChI=1S/C48H84NO8P/c1-6-8-10-12-14-16-18-20-22-23-24-25-27-29-31-33-35-37-39-41-48(52)56-45(43-50)44-55-58(53,54)57-47(42-49(3,4)5)46(51)40-38-36-34-32-30-28-26-21-19-17-15-13-11-9-7-2/h22-25,27,29,31,33,35,37,39,41,45,47,50H,6-21,26,28,30,32,34,36,38,40,42-44H2,1-5H3/p+1/t45-,47?/m1/s1. The second kappa shape index (κ2) is 38.8. The second-order valence-corrected chi connectivity index (χ2v) is 17.9. The van der Waals surface area contributed by atoms with Gasteiger partial charge in [0.25, 0.3) is 0 Å². The number of hydrogen-bond donors (Lipinski definition) is 2. The van der Waals surface area contributed by atoms with Gasteiger partial charge in [0, 0.05) is 12.5 Å². The van der Waals surface area contributed by atoms with Crippen molar-refractivity contribution in [3.8, 4) is 0 Å². The van der Waals surface area contributed by atoms with Crippen molar-refractivity contribution >= 4 is 19.6 Å². The van der Waals surface area contributed by atoms with Gasteiger partial charge in [-0.05, 0) is 19.3 Å². The zero-order valence-electron chi connectivity index (χ0n) is 37.4. The molecule has 0 fully saturated rings. The summed E-state index contributed by atoms with van der Waals surface area (Å²) in [6, 6.07) is 0. The molecule has 0 aromatic carbocycles. The number of unbranched alkanes of at least 4 members (excludes halogenated alkanes) is 21. The van der Waals surface area contributed by atoms with Crippen molar-refractivity contribution in [2.24, 2.45) is 0 Å². The molecular formula is C48H85NO8P+. The van der Waals surface area contributed by atoms with E-state index in [2.05, 4.69) is 26.0 Å². The number of likely N-dealkylation sites (N-methyl/N-ethyl adjacent to an activating group) is 1. The molecule has 10 heteroatoms. The molecule has 0 aliphatic rings. The van der Waals surface area contributed by atoms with Crippen LogP contribution in [0.25, 0.3) is 0 Å². The smallest absolute Gasteiger partial charge is 0.454 e. The van der Waals surface area contributed by atoms with Crippen LogP contribution < -0.4 is 0 Å². The molecule has 9 nitrogen and oxygen atoms in total. The molecular weight excluding hydrogens is 750 g/mol. The van der Waals surface area contributed by atoms with Crippen LogP contribution in [0, 0.1) is 0 Å². The molecule has 0 aliphatic heterocycles. The number of ketones is 1. The highest BCUT2D eigenvalue weighted by molar-refractivity contribution is 7.47. The fourth-order valence-corrected chi connectivity index (χ4v) is 7.18. The number of phosphoric ester groups is 1. The van der Waals surface area contributed by atoms with E-state index in [1.54, 1.807) is 12.2 Å². The first-order valence-corrected chi connectivity index (χ1v) is 24.2. The summed E-state index contributed by atoms with van der Waals surface area (Å²) in [5, 5.41) is 9.70. The van der Waals surface area contributed by atoms with Crippen molar-refractivity contribution in [3.63, 3.8) is 0 Å². The number of phosphoric acid groups is 1. The van der Waals surface area contributed by atoms with Gasteiger partial charge in [-0.25, -0.2) is 9.36 Å². The van der Waals surface area contributed by atoms with Crippen LogP contribution in [0.2, 0.25) is 0 Å². The van der Waals surface area contributed by atoms with Crippen LogP contribution in [-0.4, -0.2) is 79.3 Å². The third kappa shape index (κ3) is 39.1.